The van der Waals surface area contributed by atoms with Gasteiger partial charge in [0, 0.05) is 20.3 Å². The molecule has 0 amide bonds. The van der Waals surface area contributed by atoms with E-state index in [2.05, 4.69) is 0 Å². The topological polar surface area (TPSA) is 82.1 Å². The van der Waals surface area contributed by atoms with E-state index >= 15 is 0 Å². The molecule has 16 heavy (non-hydrogen) atoms. The highest BCUT2D eigenvalue weighted by atomic mass is 16.6. The number of ether oxygens (including phenoxy) is 3. The largest absolute Gasteiger partial charge is 0.463 e. The number of carbonyl (C=O) groups excluding carboxylic acids is 2. The highest BCUT2D eigenvalue weighted by Gasteiger charge is 2.32. The van der Waals surface area contributed by atoms with Gasteiger partial charge in [-0.25, -0.2) is 0 Å². The van der Waals surface area contributed by atoms with Crippen molar-refractivity contribution < 1.29 is 28.9 Å². The van der Waals surface area contributed by atoms with Gasteiger partial charge < -0.3 is 19.3 Å². The Kier molecular flexibility index (Phi) is 4.70. The minimum absolute atomic E-state index is 0.110. The van der Waals surface area contributed by atoms with Gasteiger partial charge in [-0.05, 0) is 0 Å². The third-order valence-electron chi connectivity index (χ3n) is 2.22. The first-order valence-corrected chi connectivity index (χ1v) is 5.09. The van der Waals surface area contributed by atoms with E-state index in [9.17, 15) is 14.7 Å². The third kappa shape index (κ3) is 4.16. The molecule has 0 bridgehead atoms. The van der Waals surface area contributed by atoms with Crippen molar-refractivity contribution in [3.05, 3.63) is 0 Å². The van der Waals surface area contributed by atoms with E-state index in [1.165, 1.54) is 13.8 Å². The molecule has 3 atom stereocenters. The molecule has 1 aliphatic rings. The van der Waals surface area contributed by atoms with Gasteiger partial charge in [-0.15, -0.1) is 0 Å². The molecule has 1 rings (SSSR count). The molecule has 0 aromatic carbocycles. The van der Waals surface area contributed by atoms with Crippen molar-refractivity contribution in [1.82, 2.24) is 0 Å². The van der Waals surface area contributed by atoms with Crippen LogP contribution in [0.3, 0.4) is 0 Å². The fourth-order valence-electron chi connectivity index (χ4n) is 1.48. The van der Waals surface area contributed by atoms with Gasteiger partial charge in [-0.3, -0.25) is 9.59 Å². The van der Waals surface area contributed by atoms with Crippen molar-refractivity contribution in [2.45, 2.75) is 38.6 Å². The molecule has 3 unspecified atom stereocenters. The number of carbonyl (C=O) groups is 2. The zero-order chi connectivity index (χ0) is 12.1. The predicted octanol–water partition coefficient (Wildman–Crippen LogP) is -0.369. The number of rotatable bonds is 3. The Bertz CT molecular complexity index is 264. The number of hydrogen-bond acceptors (Lipinski definition) is 6. The van der Waals surface area contributed by atoms with Gasteiger partial charge in [0.25, 0.3) is 0 Å². The zero-order valence-electron chi connectivity index (χ0n) is 9.34. The molecule has 1 heterocycles. The van der Waals surface area contributed by atoms with Crippen LogP contribution in [0.25, 0.3) is 0 Å². The van der Waals surface area contributed by atoms with Crippen LogP contribution in [0.15, 0.2) is 0 Å². The lowest BCUT2D eigenvalue weighted by molar-refractivity contribution is -0.178. The molecule has 1 N–H and O–H groups in total. The smallest absolute Gasteiger partial charge is 0.303 e. The Labute approximate surface area is 93.5 Å². The summed E-state index contributed by atoms with van der Waals surface area (Å²) in [6, 6.07) is 0. The zero-order valence-corrected chi connectivity index (χ0v) is 9.34. The van der Waals surface area contributed by atoms with Crippen LogP contribution in [0, 0.1) is 0 Å². The summed E-state index contributed by atoms with van der Waals surface area (Å²) in [4.78, 5) is 21.3. The van der Waals surface area contributed by atoms with Gasteiger partial charge in [-0.2, -0.15) is 0 Å². The fourth-order valence-corrected chi connectivity index (χ4v) is 1.48. The van der Waals surface area contributed by atoms with E-state index in [4.69, 9.17) is 14.2 Å². The summed E-state index contributed by atoms with van der Waals surface area (Å²) in [6.07, 6.45) is -1.47. The molecule has 6 heteroatoms. The highest BCUT2D eigenvalue weighted by Crippen LogP contribution is 2.17. The number of hydrogen-bond donors (Lipinski definition) is 1. The van der Waals surface area contributed by atoms with Crippen LogP contribution < -0.4 is 0 Å². The Morgan fingerprint density at radius 2 is 2.06 bits per heavy atom. The summed E-state index contributed by atoms with van der Waals surface area (Å²) in [5, 5.41) is 9.66. The van der Waals surface area contributed by atoms with E-state index in [0.717, 1.165) is 0 Å². The maximum absolute atomic E-state index is 10.7. The molecule has 0 aliphatic carbocycles. The predicted molar refractivity (Wildman–Crippen MR) is 52.6 cm³/mol. The summed E-state index contributed by atoms with van der Waals surface area (Å²) in [5.74, 6) is -0.841. The molecule has 92 valence electrons. The monoisotopic (exact) mass is 232 g/mol. The van der Waals surface area contributed by atoms with E-state index in [0.29, 0.717) is 0 Å². The lowest BCUT2D eigenvalue weighted by Crippen LogP contribution is -2.45. The van der Waals surface area contributed by atoms with Crippen molar-refractivity contribution in [3.63, 3.8) is 0 Å². The molecule has 0 radical (unpaired) electrons. The standard InChI is InChI=1S/C10H16O6/c1-6(11)14-4-8-3-9(13)10(5-15-8)16-7(2)12/h8-10,13H,3-5H2,1-2H3. The SMILES string of the molecule is CC(=O)OCC1CC(O)C(OC(C)=O)CO1. The molecule has 0 aromatic heterocycles. The molecule has 0 saturated carbocycles. The minimum Gasteiger partial charge on any atom is -0.463 e. The fraction of sp³-hybridized carbons (Fsp3) is 0.800. The van der Waals surface area contributed by atoms with Crippen molar-refractivity contribution in [1.29, 1.82) is 0 Å². The first-order valence-electron chi connectivity index (χ1n) is 5.09. The van der Waals surface area contributed by atoms with E-state index in [1.807, 2.05) is 0 Å². The second-order valence-corrected chi connectivity index (χ2v) is 3.71. The molecule has 1 fully saturated rings. The Hall–Kier alpha value is -1.14. The van der Waals surface area contributed by atoms with Gasteiger partial charge in [-0.1, -0.05) is 0 Å². The van der Waals surface area contributed by atoms with Gasteiger partial charge in [0.1, 0.15) is 6.61 Å². The van der Waals surface area contributed by atoms with Crippen molar-refractivity contribution >= 4 is 11.9 Å². The van der Waals surface area contributed by atoms with Gasteiger partial charge >= 0.3 is 11.9 Å². The number of aliphatic hydroxyl groups excluding tert-OH is 1. The maximum atomic E-state index is 10.7. The second-order valence-electron chi connectivity index (χ2n) is 3.71. The first-order chi connectivity index (χ1) is 7.49. The van der Waals surface area contributed by atoms with Crippen LogP contribution >= 0.6 is 0 Å². The van der Waals surface area contributed by atoms with E-state index < -0.39 is 18.2 Å². The number of aliphatic hydroxyl groups is 1. The van der Waals surface area contributed by atoms with Crippen molar-refractivity contribution in [2.75, 3.05) is 13.2 Å². The minimum atomic E-state index is -0.779. The second kappa shape index (κ2) is 5.81. The van der Waals surface area contributed by atoms with Crippen molar-refractivity contribution in [3.8, 4) is 0 Å². The average Bonchev–Trinajstić information content (AvgIpc) is 2.18. The van der Waals surface area contributed by atoms with Gasteiger partial charge in [0.15, 0.2) is 6.10 Å². The quantitative estimate of drug-likeness (QED) is 0.669. The maximum Gasteiger partial charge on any atom is 0.303 e. The van der Waals surface area contributed by atoms with Crippen LogP contribution in [0.5, 0.6) is 0 Å². The first kappa shape index (κ1) is 12.9. The van der Waals surface area contributed by atoms with Gasteiger partial charge in [0.2, 0.25) is 0 Å². The lowest BCUT2D eigenvalue weighted by atomic mass is 10.0. The van der Waals surface area contributed by atoms with Crippen LogP contribution in [0.1, 0.15) is 20.3 Å². The summed E-state index contributed by atoms with van der Waals surface area (Å²) >= 11 is 0. The molecular formula is C10H16O6. The molecular weight excluding hydrogens is 216 g/mol. The average molecular weight is 232 g/mol. The van der Waals surface area contributed by atoms with Gasteiger partial charge in [0.05, 0.1) is 18.8 Å². The van der Waals surface area contributed by atoms with Crippen LogP contribution in [0.4, 0.5) is 0 Å². The van der Waals surface area contributed by atoms with E-state index in [1.54, 1.807) is 0 Å². The highest BCUT2D eigenvalue weighted by molar-refractivity contribution is 5.66. The lowest BCUT2D eigenvalue weighted by Gasteiger charge is -2.32. The molecule has 0 spiro atoms. The third-order valence-corrected chi connectivity index (χ3v) is 2.22. The Balaban J connectivity index is 2.33. The van der Waals surface area contributed by atoms with Crippen LogP contribution in [-0.4, -0.2) is 48.6 Å². The van der Waals surface area contributed by atoms with Crippen LogP contribution in [0.2, 0.25) is 0 Å². The molecule has 1 aliphatic heterocycles. The summed E-state index contributed by atoms with van der Waals surface area (Å²) in [5.41, 5.74) is 0. The Morgan fingerprint density at radius 3 is 2.56 bits per heavy atom. The van der Waals surface area contributed by atoms with Crippen molar-refractivity contribution in [2.24, 2.45) is 0 Å². The summed E-state index contributed by atoms with van der Waals surface area (Å²) in [7, 11) is 0. The van der Waals surface area contributed by atoms with Crippen LogP contribution in [-0.2, 0) is 23.8 Å². The summed E-state index contributed by atoms with van der Waals surface area (Å²) < 4.78 is 14.9. The molecule has 0 aromatic rings. The number of esters is 2. The normalized spacial score (nSPS) is 29.6. The Morgan fingerprint density at radius 1 is 1.38 bits per heavy atom. The molecule has 6 nitrogen and oxygen atoms in total. The summed E-state index contributed by atoms with van der Waals surface area (Å²) in [6.45, 7) is 2.81. The molecule has 1 saturated heterocycles. The van der Waals surface area contributed by atoms with E-state index in [-0.39, 0.29) is 31.7 Å².